The molecule has 2 radical (unpaired) electrons. The van der Waals surface area contributed by atoms with Crippen molar-refractivity contribution in [2.24, 2.45) is 0 Å². The SMILES string of the molecule is [B]c1ccc(N(c2ccc(Br)cc2)c2ccc(B3OC(C)(C)C(C)(C)O3)cc2)cc1. The lowest BCUT2D eigenvalue weighted by Gasteiger charge is -2.32. The molecule has 0 spiro atoms. The molecule has 0 bridgehead atoms. The van der Waals surface area contributed by atoms with Crippen molar-refractivity contribution in [1.82, 2.24) is 0 Å². The van der Waals surface area contributed by atoms with E-state index in [0.29, 0.717) is 0 Å². The maximum absolute atomic E-state index is 6.19. The molecule has 1 aliphatic rings. The molecule has 0 atom stereocenters. The number of rotatable bonds is 4. The van der Waals surface area contributed by atoms with Crippen LogP contribution in [0.25, 0.3) is 0 Å². The van der Waals surface area contributed by atoms with Crippen LogP contribution < -0.4 is 15.8 Å². The van der Waals surface area contributed by atoms with E-state index >= 15 is 0 Å². The van der Waals surface area contributed by atoms with Gasteiger partial charge in [0, 0.05) is 21.5 Å². The molecule has 0 aliphatic carbocycles. The van der Waals surface area contributed by atoms with Crippen molar-refractivity contribution in [3.05, 3.63) is 77.3 Å². The maximum atomic E-state index is 6.19. The Labute approximate surface area is 189 Å². The van der Waals surface area contributed by atoms with Crippen LogP contribution in [0.2, 0.25) is 0 Å². The van der Waals surface area contributed by atoms with Crippen LogP contribution in [0.4, 0.5) is 17.1 Å². The third-order valence-corrected chi connectivity index (χ3v) is 6.44. The minimum atomic E-state index is -0.373. The highest BCUT2D eigenvalue weighted by molar-refractivity contribution is 9.10. The summed E-state index contributed by atoms with van der Waals surface area (Å²) >= 11 is 3.52. The molecule has 3 nitrogen and oxygen atoms in total. The van der Waals surface area contributed by atoms with Crippen LogP contribution in [0, 0.1) is 0 Å². The zero-order valence-electron chi connectivity index (χ0n) is 17.7. The number of benzene rings is 3. The van der Waals surface area contributed by atoms with Crippen LogP contribution in [0.15, 0.2) is 77.3 Å². The van der Waals surface area contributed by atoms with Crippen molar-refractivity contribution in [2.75, 3.05) is 4.90 Å². The second kappa shape index (κ2) is 7.92. The number of hydrogen-bond acceptors (Lipinski definition) is 3. The summed E-state index contributed by atoms with van der Waals surface area (Å²) in [6, 6.07) is 24.5. The second-order valence-corrected chi connectivity index (χ2v) is 9.50. The van der Waals surface area contributed by atoms with E-state index in [1.807, 2.05) is 36.4 Å². The van der Waals surface area contributed by atoms with Crippen LogP contribution in [0.5, 0.6) is 0 Å². The number of halogens is 1. The molecule has 0 unspecified atom stereocenters. The van der Waals surface area contributed by atoms with Crippen LogP contribution >= 0.6 is 15.9 Å². The van der Waals surface area contributed by atoms with Gasteiger partial charge in [0.2, 0.25) is 0 Å². The van der Waals surface area contributed by atoms with Crippen molar-refractivity contribution in [3.8, 4) is 0 Å². The van der Waals surface area contributed by atoms with Crippen LogP contribution in [0.1, 0.15) is 27.7 Å². The fraction of sp³-hybridized carbons (Fsp3) is 0.250. The molecule has 4 rings (SSSR count). The summed E-state index contributed by atoms with van der Waals surface area (Å²) in [6.45, 7) is 8.27. The predicted octanol–water partition coefficient (Wildman–Crippen LogP) is 5.01. The third-order valence-electron chi connectivity index (χ3n) is 5.91. The largest absolute Gasteiger partial charge is 0.494 e. The molecule has 150 valence electrons. The predicted molar refractivity (Wildman–Crippen MR) is 130 cm³/mol. The molecule has 1 aliphatic heterocycles. The average molecular weight is 460 g/mol. The standard InChI is InChI=1S/C24H24B2BrNO2/c1-23(2)24(3,4)30-26(29-23)18-7-13-21(14-8-18)28(20-11-5-17(25)6-12-20)22-15-9-19(27)10-16-22/h5-16H,1-4H3. The van der Waals surface area contributed by atoms with E-state index < -0.39 is 0 Å². The fourth-order valence-corrected chi connectivity index (χ4v) is 3.68. The van der Waals surface area contributed by atoms with Crippen molar-refractivity contribution < 1.29 is 9.31 Å². The average Bonchev–Trinajstić information content (AvgIpc) is 2.93. The van der Waals surface area contributed by atoms with Crippen LogP contribution in [-0.4, -0.2) is 26.2 Å². The van der Waals surface area contributed by atoms with Crippen LogP contribution in [-0.2, 0) is 9.31 Å². The summed E-state index contributed by atoms with van der Waals surface area (Å²) in [5.41, 5.74) is 4.17. The highest BCUT2D eigenvalue weighted by Crippen LogP contribution is 2.37. The van der Waals surface area contributed by atoms with Gasteiger partial charge in [-0.3, -0.25) is 0 Å². The first-order valence-corrected chi connectivity index (χ1v) is 10.8. The smallest absolute Gasteiger partial charge is 0.399 e. The van der Waals surface area contributed by atoms with E-state index in [0.717, 1.165) is 32.5 Å². The Morgan fingerprint density at radius 2 is 1.10 bits per heavy atom. The second-order valence-electron chi connectivity index (χ2n) is 8.58. The molecule has 3 aromatic rings. The van der Waals surface area contributed by atoms with Gasteiger partial charge in [-0.15, -0.1) is 0 Å². The summed E-state index contributed by atoms with van der Waals surface area (Å²) in [7, 11) is 5.53. The number of hydrogen-bond donors (Lipinski definition) is 0. The van der Waals surface area contributed by atoms with Gasteiger partial charge < -0.3 is 14.2 Å². The Morgan fingerprint density at radius 3 is 1.57 bits per heavy atom. The molecule has 1 fully saturated rings. The Morgan fingerprint density at radius 1 is 0.700 bits per heavy atom. The van der Waals surface area contributed by atoms with Gasteiger partial charge in [-0.1, -0.05) is 45.7 Å². The summed E-state index contributed by atoms with van der Waals surface area (Å²) in [6.07, 6.45) is 0. The molecule has 1 saturated heterocycles. The Bertz CT molecular complexity index is 957. The lowest BCUT2D eigenvalue weighted by molar-refractivity contribution is 0.00578. The van der Waals surface area contributed by atoms with E-state index in [2.05, 4.69) is 84.9 Å². The normalized spacial score (nSPS) is 17.2. The van der Waals surface area contributed by atoms with Gasteiger partial charge in [-0.25, -0.2) is 0 Å². The van der Waals surface area contributed by atoms with Gasteiger partial charge in [0.15, 0.2) is 0 Å². The highest BCUT2D eigenvalue weighted by atomic mass is 79.9. The van der Waals surface area contributed by atoms with Crippen LogP contribution in [0.3, 0.4) is 0 Å². The quantitative estimate of drug-likeness (QED) is 0.512. The first-order valence-electron chi connectivity index (χ1n) is 10.0. The van der Waals surface area contributed by atoms with Crippen molar-refractivity contribution >= 4 is 58.9 Å². The van der Waals surface area contributed by atoms with E-state index in [-0.39, 0.29) is 18.3 Å². The van der Waals surface area contributed by atoms with Crippen molar-refractivity contribution in [2.45, 2.75) is 38.9 Å². The molecule has 3 aromatic carbocycles. The minimum Gasteiger partial charge on any atom is -0.399 e. The van der Waals surface area contributed by atoms with Gasteiger partial charge in [0.05, 0.1) is 11.2 Å². The Kier molecular flexibility index (Phi) is 5.60. The van der Waals surface area contributed by atoms with Crippen molar-refractivity contribution in [1.29, 1.82) is 0 Å². The lowest BCUT2D eigenvalue weighted by Crippen LogP contribution is -2.41. The topological polar surface area (TPSA) is 21.7 Å². The maximum Gasteiger partial charge on any atom is 0.494 e. The molecular weight excluding hydrogens is 436 g/mol. The minimum absolute atomic E-state index is 0.357. The summed E-state index contributed by atoms with van der Waals surface area (Å²) in [4.78, 5) is 2.19. The summed E-state index contributed by atoms with van der Waals surface area (Å²) < 4.78 is 13.4. The van der Waals surface area contributed by atoms with Gasteiger partial charge >= 0.3 is 7.12 Å². The van der Waals surface area contributed by atoms with Gasteiger partial charge in [0.25, 0.3) is 0 Å². The molecule has 6 heteroatoms. The third kappa shape index (κ3) is 4.09. The molecular formula is C24H24B2BrNO2. The van der Waals surface area contributed by atoms with E-state index in [1.54, 1.807) is 0 Å². The first-order chi connectivity index (χ1) is 14.2. The van der Waals surface area contributed by atoms with Crippen molar-refractivity contribution in [3.63, 3.8) is 0 Å². The van der Waals surface area contributed by atoms with E-state index in [4.69, 9.17) is 17.2 Å². The first kappa shape index (κ1) is 21.2. The molecule has 0 aromatic heterocycles. The van der Waals surface area contributed by atoms with Gasteiger partial charge in [-0.2, -0.15) is 0 Å². The zero-order valence-corrected chi connectivity index (χ0v) is 19.3. The van der Waals surface area contributed by atoms with Gasteiger partial charge in [-0.05, 0) is 81.7 Å². The molecule has 0 saturated carbocycles. The molecule has 0 N–H and O–H groups in total. The van der Waals surface area contributed by atoms with Gasteiger partial charge in [0.1, 0.15) is 7.85 Å². The lowest BCUT2D eigenvalue weighted by atomic mass is 9.79. The molecule has 1 heterocycles. The number of nitrogens with zero attached hydrogens (tertiary/aromatic N) is 1. The summed E-state index contributed by atoms with van der Waals surface area (Å²) in [5.74, 6) is 0. The monoisotopic (exact) mass is 459 g/mol. The number of anilines is 3. The zero-order chi connectivity index (χ0) is 21.5. The molecule has 0 amide bonds. The summed E-state index contributed by atoms with van der Waals surface area (Å²) in [5, 5.41) is 0. The Hall–Kier alpha value is -2.01. The fourth-order valence-electron chi connectivity index (χ4n) is 3.42. The van der Waals surface area contributed by atoms with E-state index in [9.17, 15) is 0 Å². The highest BCUT2D eigenvalue weighted by Gasteiger charge is 2.51. The molecule has 30 heavy (non-hydrogen) atoms. The van der Waals surface area contributed by atoms with E-state index in [1.165, 1.54) is 0 Å². The Balaban J connectivity index is 1.68.